The number of nitrogens with one attached hydrogen (secondary N) is 1. The quantitative estimate of drug-likeness (QED) is 0.246. The Labute approximate surface area is 222 Å². The van der Waals surface area contributed by atoms with E-state index in [2.05, 4.69) is 24.8 Å². The van der Waals surface area contributed by atoms with Gasteiger partial charge in [-0.1, -0.05) is 13.0 Å². The zero-order valence-corrected chi connectivity index (χ0v) is 22.9. The Morgan fingerprint density at radius 1 is 1.03 bits per heavy atom. The van der Waals surface area contributed by atoms with Gasteiger partial charge in [0.25, 0.3) is 15.9 Å². The van der Waals surface area contributed by atoms with E-state index in [0.717, 1.165) is 16.1 Å². The number of carbonyl (C=O) groups is 1. The standard InChI is InChI=1S/C25H31N7O5S/c1-15-10-19(14-27-11-15)24(33)32(22-20(36-5)8-7-9-21(22)37-6)30-25(26)31-38(34,35)18(4)17(3)23-28-12-16(2)13-29-23/h7-14,17-18H,1-6H3,(H3,26,30,31)/t17-,18-/m0/s1. The molecule has 3 N–H and O–H groups in total. The first kappa shape index (κ1) is 28.3. The number of aryl methyl sites for hydroxylation is 2. The van der Waals surface area contributed by atoms with E-state index in [1.807, 2.05) is 6.92 Å². The summed E-state index contributed by atoms with van der Waals surface area (Å²) in [4.78, 5) is 26.1. The summed E-state index contributed by atoms with van der Waals surface area (Å²) in [6.07, 6.45) is 6.20. The maximum Gasteiger partial charge on any atom is 0.278 e. The summed E-state index contributed by atoms with van der Waals surface area (Å²) in [7, 11) is -1.32. The first-order chi connectivity index (χ1) is 18.0. The van der Waals surface area contributed by atoms with Crippen LogP contribution in [0.15, 0.2) is 53.5 Å². The average Bonchev–Trinajstić information content (AvgIpc) is 2.90. The van der Waals surface area contributed by atoms with Gasteiger partial charge in [-0.15, -0.1) is 4.40 Å². The molecule has 0 spiro atoms. The van der Waals surface area contributed by atoms with Crippen molar-refractivity contribution in [2.24, 2.45) is 10.1 Å². The molecule has 1 aromatic carbocycles. The second-order valence-electron chi connectivity index (χ2n) is 8.62. The van der Waals surface area contributed by atoms with Gasteiger partial charge in [-0.25, -0.2) is 23.4 Å². The number of methoxy groups -OCH3 is 2. The highest BCUT2D eigenvalue weighted by Crippen LogP contribution is 2.37. The number of sulfonamides is 1. The number of hydrogen-bond donors (Lipinski definition) is 2. The molecule has 0 unspecified atom stereocenters. The van der Waals surface area contributed by atoms with E-state index in [1.165, 1.54) is 27.3 Å². The molecule has 0 bridgehead atoms. The summed E-state index contributed by atoms with van der Waals surface area (Å²) in [6, 6.07) is 6.53. The van der Waals surface area contributed by atoms with E-state index in [-0.39, 0.29) is 22.7 Å². The van der Waals surface area contributed by atoms with Gasteiger partial charge in [0.15, 0.2) is 5.69 Å². The Morgan fingerprint density at radius 3 is 2.18 bits per heavy atom. The molecule has 0 radical (unpaired) electrons. The van der Waals surface area contributed by atoms with Crippen molar-refractivity contribution in [2.75, 3.05) is 19.2 Å². The second kappa shape index (κ2) is 11.9. The molecule has 0 fully saturated rings. The van der Waals surface area contributed by atoms with Crippen molar-refractivity contribution < 1.29 is 22.7 Å². The molecule has 13 heteroatoms. The van der Waals surface area contributed by atoms with Crippen LogP contribution >= 0.6 is 0 Å². The number of benzene rings is 1. The first-order valence-electron chi connectivity index (χ1n) is 11.6. The van der Waals surface area contributed by atoms with Gasteiger partial charge < -0.3 is 15.2 Å². The van der Waals surface area contributed by atoms with Gasteiger partial charge in [-0.05, 0) is 50.1 Å². The van der Waals surface area contributed by atoms with Crippen molar-refractivity contribution in [3.8, 4) is 11.5 Å². The molecule has 38 heavy (non-hydrogen) atoms. The number of anilines is 1. The van der Waals surface area contributed by atoms with Crippen molar-refractivity contribution in [3.05, 3.63) is 71.6 Å². The molecule has 0 aliphatic rings. The fourth-order valence-corrected chi connectivity index (χ4v) is 4.64. The highest BCUT2D eigenvalue weighted by atomic mass is 32.2. The Morgan fingerprint density at radius 2 is 1.63 bits per heavy atom. The predicted molar refractivity (Wildman–Crippen MR) is 144 cm³/mol. The Kier molecular flexibility index (Phi) is 8.84. The normalized spacial score (nSPS) is 13.4. The molecule has 12 nitrogen and oxygen atoms in total. The van der Waals surface area contributed by atoms with Gasteiger partial charge in [0.2, 0.25) is 5.96 Å². The van der Waals surface area contributed by atoms with Gasteiger partial charge in [0.05, 0.1) is 25.0 Å². The molecule has 0 aliphatic heterocycles. The number of guanidine groups is 1. The highest BCUT2D eigenvalue weighted by Gasteiger charge is 2.31. The average molecular weight is 542 g/mol. The molecule has 3 rings (SSSR count). The van der Waals surface area contributed by atoms with E-state index in [1.54, 1.807) is 56.7 Å². The zero-order chi connectivity index (χ0) is 28.0. The molecule has 2 heterocycles. The van der Waals surface area contributed by atoms with Crippen LogP contribution < -0.4 is 25.6 Å². The Bertz CT molecular complexity index is 1410. The summed E-state index contributed by atoms with van der Waals surface area (Å²) < 4.78 is 40.9. The van der Waals surface area contributed by atoms with Gasteiger partial charge >= 0.3 is 0 Å². The Balaban J connectivity index is 2.01. The van der Waals surface area contributed by atoms with Crippen molar-refractivity contribution in [3.63, 3.8) is 0 Å². The minimum absolute atomic E-state index is 0.161. The van der Waals surface area contributed by atoms with Gasteiger partial charge in [-0.2, -0.15) is 0 Å². The van der Waals surface area contributed by atoms with Crippen LogP contribution in [0, 0.1) is 13.8 Å². The van der Waals surface area contributed by atoms with Gasteiger partial charge in [0.1, 0.15) is 17.3 Å². The van der Waals surface area contributed by atoms with Crippen LogP contribution in [0.2, 0.25) is 0 Å². The largest absolute Gasteiger partial charge is 0.494 e. The number of hydrogen-bond acceptors (Lipinski definition) is 8. The predicted octanol–water partition coefficient (Wildman–Crippen LogP) is 2.49. The maximum absolute atomic E-state index is 13.6. The topological polar surface area (TPSA) is 162 Å². The lowest BCUT2D eigenvalue weighted by atomic mass is 10.1. The number of ether oxygens (including phenoxy) is 2. The van der Waals surface area contributed by atoms with E-state index < -0.39 is 33.1 Å². The second-order valence-corrected chi connectivity index (χ2v) is 10.6. The number of nitrogens with zero attached hydrogens (tertiary/aromatic N) is 5. The minimum Gasteiger partial charge on any atom is -0.494 e. The third-order valence-electron chi connectivity index (χ3n) is 5.78. The van der Waals surface area contributed by atoms with Gasteiger partial charge in [-0.3, -0.25) is 15.2 Å². The summed E-state index contributed by atoms with van der Waals surface area (Å²) in [5.74, 6) is -0.844. The summed E-state index contributed by atoms with van der Waals surface area (Å²) in [6.45, 7) is 6.80. The number of rotatable bonds is 8. The van der Waals surface area contributed by atoms with Crippen molar-refractivity contribution in [1.29, 1.82) is 0 Å². The SMILES string of the molecule is COc1cccc(OC)c1N(NC(N)=NS(=O)(=O)[C@@H](C)[C@H](C)c1ncc(C)cn1)C(=O)c1cncc(C)c1. The lowest BCUT2D eigenvalue weighted by Gasteiger charge is -2.27. The fourth-order valence-electron chi connectivity index (χ4n) is 3.52. The summed E-state index contributed by atoms with van der Waals surface area (Å²) in [5, 5.41) is -0.00361. The fraction of sp³-hybridized carbons (Fsp3) is 0.320. The van der Waals surface area contributed by atoms with Crippen molar-refractivity contribution >= 4 is 27.6 Å². The molecule has 2 atom stereocenters. The smallest absolute Gasteiger partial charge is 0.278 e. The molecule has 1 amide bonds. The molecule has 0 aliphatic carbocycles. The van der Waals surface area contributed by atoms with Crippen LogP contribution in [-0.2, 0) is 10.0 Å². The number of hydrazine groups is 1. The van der Waals surface area contributed by atoms with Crippen LogP contribution in [0.1, 0.15) is 47.1 Å². The zero-order valence-electron chi connectivity index (χ0n) is 22.0. The third kappa shape index (κ3) is 6.35. The lowest BCUT2D eigenvalue weighted by Crippen LogP contribution is -2.50. The maximum atomic E-state index is 13.6. The van der Waals surface area contributed by atoms with Crippen LogP contribution in [0.25, 0.3) is 0 Å². The molecular formula is C25H31N7O5S. The van der Waals surface area contributed by atoms with Crippen molar-refractivity contribution in [1.82, 2.24) is 20.4 Å². The van der Waals surface area contributed by atoms with Crippen LogP contribution in [-0.4, -0.2) is 54.7 Å². The third-order valence-corrected chi connectivity index (χ3v) is 7.58. The lowest BCUT2D eigenvalue weighted by molar-refractivity contribution is 0.0978. The van der Waals surface area contributed by atoms with Gasteiger partial charge in [0, 0.05) is 30.7 Å². The van der Waals surface area contributed by atoms with E-state index in [4.69, 9.17) is 15.2 Å². The van der Waals surface area contributed by atoms with Crippen LogP contribution in [0.5, 0.6) is 11.5 Å². The monoisotopic (exact) mass is 541 g/mol. The highest BCUT2D eigenvalue weighted by molar-refractivity contribution is 7.90. The van der Waals surface area contributed by atoms with Crippen LogP contribution in [0.4, 0.5) is 5.69 Å². The number of carbonyl (C=O) groups excluding carboxylic acids is 1. The molecule has 2 aromatic heterocycles. The number of nitrogens with two attached hydrogens (primary N) is 1. The van der Waals surface area contributed by atoms with E-state index in [9.17, 15) is 13.2 Å². The molecular weight excluding hydrogens is 510 g/mol. The number of aromatic nitrogens is 3. The Hall–Kier alpha value is -4.26. The van der Waals surface area contributed by atoms with Crippen molar-refractivity contribution in [2.45, 2.75) is 38.9 Å². The molecule has 0 saturated carbocycles. The minimum atomic E-state index is -4.17. The number of para-hydroxylation sites is 1. The van der Waals surface area contributed by atoms with E-state index >= 15 is 0 Å². The number of amides is 1. The van der Waals surface area contributed by atoms with Crippen LogP contribution in [0.3, 0.4) is 0 Å². The van der Waals surface area contributed by atoms with E-state index in [0.29, 0.717) is 5.82 Å². The molecule has 3 aromatic rings. The molecule has 202 valence electrons. The first-order valence-corrected chi connectivity index (χ1v) is 13.1. The molecule has 0 saturated heterocycles. The summed E-state index contributed by atoms with van der Waals surface area (Å²) >= 11 is 0. The number of pyridine rings is 1. The summed E-state index contributed by atoms with van der Waals surface area (Å²) in [5.41, 5.74) is 10.6.